The van der Waals surface area contributed by atoms with Crippen molar-refractivity contribution in [1.29, 1.82) is 0 Å². The van der Waals surface area contributed by atoms with E-state index in [0.29, 0.717) is 6.54 Å². The number of carbonyl (C=O) groups excluding carboxylic acids is 1. The summed E-state index contributed by atoms with van der Waals surface area (Å²) in [4.78, 5) is 13.8. The van der Waals surface area contributed by atoms with Crippen LogP contribution in [0.3, 0.4) is 0 Å². The summed E-state index contributed by atoms with van der Waals surface area (Å²) in [5.41, 5.74) is 10.8. The monoisotopic (exact) mass is 291 g/mol. The van der Waals surface area contributed by atoms with Crippen LogP contribution in [0, 0.1) is 0 Å². The predicted molar refractivity (Wildman–Crippen MR) is 65.6 cm³/mol. The Labute approximate surface area is 101 Å². The first kappa shape index (κ1) is 12.6. The molecule has 1 heterocycles. The van der Waals surface area contributed by atoms with Crippen LogP contribution in [-0.4, -0.2) is 30.9 Å². The third kappa shape index (κ3) is 3.57. The lowest BCUT2D eigenvalue weighted by Crippen LogP contribution is -2.36. The minimum absolute atomic E-state index is 0.0498. The second-order valence-corrected chi connectivity index (χ2v) is 5.16. The molecule has 1 aromatic heterocycles. The molecule has 0 aliphatic heterocycles. The smallest absolute Gasteiger partial charge is 0.231 e. The number of rotatable bonds is 5. The maximum Gasteiger partial charge on any atom is 0.231 e. The lowest BCUT2D eigenvalue weighted by atomic mass is 10.2. The van der Waals surface area contributed by atoms with Crippen LogP contribution in [0.1, 0.15) is 10.9 Å². The maximum absolute atomic E-state index is 10.8. The van der Waals surface area contributed by atoms with Crippen molar-refractivity contribution in [2.24, 2.45) is 11.5 Å². The maximum atomic E-state index is 10.8. The number of amides is 1. The average molecular weight is 292 g/mol. The van der Waals surface area contributed by atoms with E-state index in [1.807, 2.05) is 23.4 Å². The second kappa shape index (κ2) is 5.60. The standard InChI is InChI=1S/C9H14BrN3OS/c1-13(4-9(12)14)7(3-11)8-2-6(10)5-15-8/h2,5,7H,3-4,11H2,1H3,(H2,12,14). The summed E-state index contributed by atoms with van der Waals surface area (Å²) in [6, 6.07) is 2.06. The highest BCUT2D eigenvalue weighted by Crippen LogP contribution is 2.27. The average Bonchev–Trinajstić information content (AvgIpc) is 2.51. The summed E-state index contributed by atoms with van der Waals surface area (Å²) in [5, 5.41) is 2.00. The molecule has 0 spiro atoms. The first-order valence-corrected chi connectivity index (χ1v) is 6.14. The van der Waals surface area contributed by atoms with Crippen LogP contribution in [-0.2, 0) is 4.79 Å². The van der Waals surface area contributed by atoms with Crippen molar-refractivity contribution in [2.45, 2.75) is 6.04 Å². The molecular formula is C9H14BrN3OS. The van der Waals surface area contributed by atoms with Crippen LogP contribution in [0.2, 0.25) is 0 Å². The highest BCUT2D eigenvalue weighted by Gasteiger charge is 2.18. The van der Waals surface area contributed by atoms with Gasteiger partial charge in [0.05, 0.1) is 12.6 Å². The number of thiophene rings is 1. The van der Waals surface area contributed by atoms with Crippen molar-refractivity contribution in [3.05, 3.63) is 20.8 Å². The zero-order chi connectivity index (χ0) is 11.4. The number of likely N-dealkylation sites (N-methyl/N-ethyl adjacent to an activating group) is 1. The summed E-state index contributed by atoms with van der Waals surface area (Å²) in [5.74, 6) is -0.341. The van der Waals surface area contributed by atoms with Crippen LogP contribution in [0.5, 0.6) is 0 Å². The fourth-order valence-electron chi connectivity index (χ4n) is 1.37. The molecule has 1 rings (SSSR count). The van der Waals surface area contributed by atoms with Crippen molar-refractivity contribution < 1.29 is 4.79 Å². The third-order valence-electron chi connectivity index (χ3n) is 2.08. The van der Waals surface area contributed by atoms with Gasteiger partial charge in [-0.2, -0.15) is 0 Å². The van der Waals surface area contributed by atoms with Gasteiger partial charge in [-0.25, -0.2) is 0 Å². The van der Waals surface area contributed by atoms with Gasteiger partial charge in [0, 0.05) is 21.3 Å². The molecule has 6 heteroatoms. The fourth-order valence-corrected chi connectivity index (χ4v) is 3.00. The molecule has 84 valence electrons. The van der Waals surface area contributed by atoms with Gasteiger partial charge in [-0.3, -0.25) is 9.69 Å². The number of primary amides is 1. The van der Waals surface area contributed by atoms with E-state index in [1.165, 1.54) is 0 Å². The lowest BCUT2D eigenvalue weighted by molar-refractivity contribution is -0.119. The van der Waals surface area contributed by atoms with E-state index in [4.69, 9.17) is 11.5 Å². The van der Waals surface area contributed by atoms with E-state index in [2.05, 4.69) is 15.9 Å². The molecule has 0 aliphatic carbocycles. The number of carbonyl (C=O) groups is 1. The van der Waals surface area contributed by atoms with E-state index in [-0.39, 0.29) is 18.5 Å². The zero-order valence-electron chi connectivity index (χ0n) is 8.44. The molecule has 0 aliphatic rings. The summed E-state index contributed by atoms with van der Waals surface area (Å²) in [6.45, 7) is 0.689. The van der Waals surface area contributed by atoms with Gasteiger partial charge in [-0.05, 0) is 29.0 Å². The summed E-state index contributed by atoms with van der Waals surface area (Å²) in [7, 11) is 1.84. The van der Waals surface area contributed by atoms with E-state index in [9.17, 15) is 4.79 Å². The highest BCUT2D eigenvalue weighted by atomic mass is 79.9. The molecule has 0 bridgehead atoms. The Balaban J connectivity index is 2.74. The highest BCUT2D eigenvalue weighted by molar-refractivity contribution is 9.10. The van der Waals surface area contributed by atoms with Crippen molar-refractivity contribution in [3.8, 4) is 0 Å². The van der Waals surface area contributed by atoms with Crippen molar-refractivity contribution in [2.75, 3.05) is 20.1 Å². The summed E-state index contributed by atoms with van der Waals surface area (Å²) >= 11 is 5.01. The second-order valence-electron chi connectivity index (χ2n) is 3.30. The Hall–Kier alpha value is -0.430. The molecule has 4 N–H and O–H groups in total. The van der Waals surface area contributed by atoms with Gasteiger partial charge in [0.2, 0.25) is 5.91 Å². The van der Waals surface area contributed by atoms with Crippen LogP contribution in [0.15, 0.2) is 15.9 Å². The Morgan fingerprint density at radius 1 is 1.73 bits per heavy atom. The fraction of sp³-hybridized carbons (Fsp3) is 0.444. The number of halogens is 1. The zero-order valence-corrected chi connectivity index (χ0v) is 10.8. The van der Waals surface area contributed by atoms with E-state index in [1.54, 1.807) is 11.3 Å². The molecule has 0 saturated carbocycles. The minimum atomic E-state index is -0.341. The van der Waals surface area contributed by atoms with Crippen LogP contribution in [0.4, 0.5) is 0 Å². The Kier molecular flexibility index (Phi) is 4.72. The molecule has 0 saturated heterocycles. The Morgan fingerprint density at radius 2 is 2.40 bits per heavy atom. The first-order chi connectivity index (χ1) is 7.04. The number of nitrogens with two attached hydrogens (primary N) is 2. The van der Waals surface area contributed by atoms with Gasteiger partial charge in [-0.15, -0.1) is 11.3 Å². The number of nitrogens with zero attached hydrogens (tertiary/aromatic N) is 1. The molecule has 1 atom stereocenters. The summed E-state index contributed by atoms with van der Waals surface area (Å²) in [6.07, 6.45) is 0. The van der Waals surface area contributed by atoms with Gasteiger partial charge >= 0.3 is 0 Å². The predicted octanol–water partition coefficient (Wildman–Crippen LogP) is 0.928. The molecule has 1 amide bonds. The Bertz CT molecular complexity index is 342. The van der Waals surface area contributed by atoms with Gasteiger partial charge in [0.25, 0.3) is 0 Å². The minimum Gasteiger partial charge on any atom is -0.369 e. The SMILES string of the molecule is CN(CC(N)=O)C(CN)c1cc(Br)cs1. The molecule has 0 aromatic carbocycles. The Morgan fingerprint density at radius 3 is 2.80 bits per heavy atom. The van der Waals surface area contributed by atoms with Crippen molar-refractivity contribution >= 4 is 33.2 Å². The number of hydrogen-bond acceptors (Lipinski definition) is 4. The first-order valence-electron chi connectivity index (χ1n) is 4.47. The molecular weight excluding hydrogens is 278 g/mol. The van der Waals surface area contributed by atoms with Crippen molar-refractivity contribution in [3.63, 3.8) is 0 Å². The van der Waals surface area contributed by atoms with Gasteiger partial charge in [-0.1, -0.05) is 0 Å². The topological polar surface area (TPSA) is 72.3 Å². The normalized spacial score (nSPS) is 13.1. The molecule has 0 fully saturated rings. The molecule has 0 radical (unpaired) electrons. The van der Waals surface area contributed by atoms with Gasteiger partial charge in [0.1, 0.15) is 0 Å². The lowest BCUT2D eigenvalue weighted by Gasteiger charge is -2.24. The van der Waals surface area contributed by atoms with E-state index in [0.717, 1.165) is 9.35 Å². The third-order valence-corrected chi connectivity index (χ3v) is 3.87. The number of hydrogen-bond donors (Lipinski definition) is 2. The van der Waals surface area contributed by atoms with E-state index >= 15 is 0 Å². The molecule has 4 nitrogen and oxygen atoms in total. The van der Waals surface area contributed by atoms with Crippen LogP contribution >= 0.6 is 27.3 Å². The quantitative estimate of drug-likeness (QED) is 0.848. The largest absolute Gasteiger partial charge is 0.369 e. The molecule has 15 heavy (non-hydrogen) atoms. The van der Waals surface area contributed by atoms with E-state index < -0.39 is 0 Å². The van der Waals surface area contributed by atoms with Crippen LogP contribution < -0.4 is 11.5 Å². The van der Waals surface area contributed by atoms with Crippen molar-refractivity contribution in [1.82, 2.24) is 4.90 Å². The van der Waals surface area contributed by atoms with Gasteiger partial charge < -0.3 is 11.5 Å². The molecule has 1 unspecified atom stereocenters. The molecule has 1 aromatic rings. The summed E-state index contributed by atoms with van der Waals surface area (Å²) < 4.78 is 1.04. The van der Waals surface area contributed by atoms with Crippen LogP contribution in [0.25, 0.3) is 0 Å². The van der Waals surface area contributed by atoms with Gasteiger partial charge in [0.15, 0.2) is 0 Å².